The fraction of sp³-hybridized carbons (Fsp3) is 0.0714. The number of para-hydroxylation sites is 1. The van der Waals surface area contributed by atoms with Crippen LogP contribution in [0.3, 0.4) is 0 Å². The molecule has 2 rings (SSSR count). The number of benzene rings is 2. The summed E-state index contributed by atoms with van der Waals surface area (Å²) in [5.41, 5.74) is 12.4. The summed E-state index contributed by atoms with van der Waals surface area (Å²) in [6, 6.07) is 11.7. The molecule has 0 bridgehead atoms. The standard InChI is InChI=1S/C14H13ClN2O2S/c15-11-7-9(14(17)18)5-6-10(11)8-20(19)13-4-2-1-3-12(13)16/h1-7H,8,16H2,(H2,17,18). The molecule has 2 aromatic rings. The molecule has 1 atom stereocenters. The molecule has 6 heteroatoms. The number of halogens is 1. The zero-order chi connectivity index (χ0) is 14.7. The van der Waals surface area contributed by atoms with Crippen molar-refractivity contribution >= 4 is 34.0 Å². The van der Waals surface area contributed by atoms with E-state index in [1.807, 2.05) is 0 Å². The maximum Gasteiger partial charge on any atom is 0.248 e. The Kier molecular flexibility index (Phi) is 4.42. The number of carbonyl (C=O) groups excluding carboxylic acids is 1. The Bertz CT molecular complexity index is 689. The van der Waals surface area contributed by atoms with Crippen LogP contribution in [0.5, 0.6) is 0 Å². The maximum absolute atomic E-state index is 12.3. The molecular formula is C14H13ClN2O2S. The number of amides is 1. The van der Waals surface area contributed by atoms with Crippen LogP contribution in [-0.4, -0.2) is 10.1 Å². The van der Waals surface area contributed by atoms with Crippen LogP contribution < -0.4 is 11.5 Å². The average molecular weight is 309 g/mol. The largest absolute Gasteiger partial charge is 0.398 e. The third-order valence-corrected chi connectivity index (χ3v) is 4.58. The van der Waals surface area contributed by atoms with Crippen molar-refractivity contribution in [3.8, 4) is 0 Å². The van der Waals surface area contributed by atoms with Crippen molar-refractivity contribution in [3.63, 3.8) is 0 Å². The van der Waals surface area contributed by atoms with Gasteiger partial charge >= 0.3 is 0 Å². The van der Waals surface area contributed by atoms with E-state index in [1.54, 1.807) is 36.4 Å². The zero-order valence-electron chi connectivity index (χ0n) is 10.5. The van der Waals surface area contributed by atoms with Crippen molar-refractivity contribution in [2.24, 2.45) is 5.73 Å². The molecule has 2 aromatic carbocycles. The van der Waals surface area contributed by atoms with E-state index in [1.165, 1.54) is 6.07 Å². The first-order valence-corrected chi connectivity index (χ1v) is 7.50. The van der Waals surface area contributed by atoms with Gasteiger partial charge in [0, 0.05) is 16.3 Å². The van der Waals surface area contributed by atoms with Crippen molar-refractivity contribution < 1.29 is 9.00 Å². The third-order valence-electron chi connectivity index (χ3n) is 2.79. The summed E-state index contributed by atoms with van der Waals surface area (Å²) in [4.78, 5) is 11.6. The molecule has 4 N–H and O–H groups in total. The Morgan fingerprint density at radius 2 is 1.90 bits per heavy atom. The first-order valence-electron chi connectivity index (χ1n) is 5.80. The quantitative estimate of drug-likeness (QED) is 0.850. The molecule has 0 spiro atoms. The first-order chi connectivity index (χ1) is 9.49. The van der Waals surface area contributed by atoms with Gasteiger partial charge in [0.15, 0.2) is 0 Å². The number of nitrogen functional groups attached to an aromatic ring is 1. The summed E-state index contributed by atoms with van der Waals surface area (Å²) in [5.74, 6) is -0.321. The SMILES string of the molecule is NC(=O)c1ccc(CS(=O)c2ccccc2N)c(Cl)c1. The van der Waals surface area contributed by atoms with Crippen molar-refractivity contribution in [1.29, 1.82) is 0 Å². The van der Waals surface area contributed by atoms with Crippen molar-refractivity contribution in [2.45, 2.75) is 10.6 Å². The lowest BCUT2D eigenvalue weighted by atomic mass is 10.1. The number of nitrogens with two attached hydrogens (primary N) is 2. The summed E-state index contributed by atoms with van der Waals surface area (Å²) < 4.78 is 12.3. The van der Waals surface area contributed by atoms with Crippen LogP contribution in [0, 0.1) is 0 Å². The van der Waals surface area contributed by atoms with Gasteiger partial charge in [0.05, 0.1) is 21.4 Å². The van der Waals surface area contributed by atoms with Crippen LogP contribution in [0.15, 0.2) is 47.4 Å². The number of hydrogen-bond donors (Lipinski definition) is 2. The molecule has 0 aliphatic carbocycles. The van der Waals surface area contributed by atoms with Crippen LogP contribution in [0.25, 0.3) is 0 Å². The predicted octanol–water partition coefficient (Wildman–Crippen LogP) is 2.33. The van der Waals surface area contributed by atoms with E-state index in [4.69, 9.17) is 23.1 Å². The Hall–Kier alpha value is -1.85. The van der Waals surface area contributed by atoms with E-state index in [0.717, 1.165) is 0 Å². The molecule has 0 heterocycles. The van der Waals surface area contributed by atoms with Crippen molar-refractivity contribution in [3.05, 3.63) is 58.6 Å². The van der Waals surface area contributed by atoms with Gasteiger partial charge in [0.1, 0.15) is 0 Å². The van der Waals surface area contributed by atoms with Crippen LogP contribution >= 0.6 is 11.6 Å². The molecule has 0 aliphatic heterocycles. The first kappa shape index (κ1) is 14.6. The molecule has 0 fully saturated rings. The molecule has 1 amide bonds. The van der Waals surface area contributed by atoms with E-state index in [2.05, 4.69) is 0 Å². The summed E-state index contributed by atoms with van der Waals surface area (Å²) >= 11 is 6.07. The summed E-state index contributed by atoms with van der Waals surface area (Å²) in [6.45, 7) is 0. The van der Waals surface area contributed by atoms with Gasteiger partial charge in [-0.15, -0.1) is 0 Å². The molecule has 20 heavy (non-hydrogen) atoms. The lowest BCUT2D eigenvalue weighted by Crippen LogP contribution is -2.11. The number of hydrogen-bond acceptors (Lipinski definition) is 3. The molecule has 1 unspecified atom stereocenters. The third kappa shape index (κ3) is 3.18. The maximum atomic E-state index is 12.3. The minimum atomic E-state index is -1.30. The topological polar surface area (TPSA) is 86.2 Å². The monoisotopic (exact) mass is 308 g/mol. The molecule has 0 aliphatic rings. The average Bonchev–Trinajstić information content (AvgIpc) is 2.41. The molecule has 0 saturated carbocycles. The second-order valence-electron chi connectivity index (χ2n) is 4.20. The Morgan fingerprint density at radius 3 is 2.50 bits per heavy atom. The Morgan fingerprint density at radius 1 is 1.20 bits per heavy atom. The van der Waals surface area contributed by atoms with Gasteiger partial charge in [-0.1, -0.05) is 29.8 Å². The molecule has 0 aromatic heterocycles. The van der Waals surface area contributed by atoms with Crippen LogP contribution in [0.1, 0.15) is 15.9 Å². The highest BCUT2D eigenvalue weighted by Gasteiger charge is 2.12. The highest BCUT2D eigenvalue weighted by atomic mass is 35.5. The van der Waals surface area contributed by atoms with E-state index in [9.17, 15) is 9.00 Å². The highest BCUT2D eigenvalue weighted by molar-refractivity contribution is 7.84. The Labute approximate surface area is 124 Å². The summed E-state index contributed by atoms with van der Waals surface area (Å²) in [7, 11) is -1.30. The molecule has 0 saturated heterocycles. The Balaban J connectivity index is 2.25. The molecule has 4 nitrogen and oxygen atoms in total. The minimum absolute atomic E-state index is 0.228. The fourth-order valence-electron chi connectivity index (χ4n) is 1.72. The van der Waals surface area contributed by atoms with Gasteiger partial charge in [-0.3, -0.25) is 9.00 Å². The van der Waals surface area contributed by atoms with Crippen molar-refractivity contribution in [1.82, 2.24) is 0 Å². The van der Waals surface area contributed by atoms with Gasteiger partial charge in [-0.05, 0) is 29.8 Å². The number of rotatable bonds is 4. The second-order valence-corrected chi connectivity index (χ2v) is 6.02. The molecular weight excluding hydrogens is 296 g/mol. The van der Waals surface area contributed by atoms with Crippen LogP contribution in [-0.2, 0) is 16.6 Å². The number of anilines is 1. The van der Waals surface area contributed by atoms with Crippen LogP contribution in [0.2, 0.25) is 5.02 Å². The summed E-state index contributed by atoms with van der Waals surface area (Å²) in [6.07, 6.45) is 0. The van der Waals surface area contributed by atoms with E-state index >= 15 is 0 Å². The van der Waals surface area contributed by atoms with E-state index in [-0.39, 0.29) is 5.75 Å². The van der Waals surface area contributed by atoms with E-state index < -0.39 is 16.7 Å². The molecule has 104 valence electrons. The lowest BCUT2D eigenvalue weighted by molar-refractivity contribution is 0.100. The smallest absolute Gasteiger partial charge is 0.248 e. The zero-order valence-corrected chi connectivity index (χ0v) is 12.1. The minimum Gasteiger partial charge on any atom is -0.398 e. The fourth-order valence-corrected chi connectivity index (χ4v) is 3.30. The van der Waals surface area contributed by atoms with Gasteiger partial charge in [0.25, 0.3) is 0 Å². The van der Waals surface area contributed by atoms with Gasteiger partial charge < -0.3 is 11.5 Å². The lowest BCUT2D eigenvalue weighted by Gasteiger charge is -2.08. The number of primary amides is 1. The number of carbonyl (C=O) groups is 1. The van der Waals surface area contributed by atoms with Crippen LogP contribution in [0.4, 0.5) is 5.69 Å². The predicted molar refractivity (Wildman–Crippen MR) is 80.9 cm³/mol. The second kappa shape index (κ2) is 6.07. The normalized spacial score (nSPS) is 12.1. The van der Waals surface area contributed by atoms with Crippen molar-refractivity contribution in [2.75, 3.05) is 5.73 Å². The summed E-state index contributed by atoms with van der Waals surface area (Å²) in [5, 5.41) is 0.365. The highest BCUT2D eigenvalue weighted by Crippen LogP contribution is 2.23. The van der Waals surface area contributed by atoms with Gasteiger partial charge in [0.2, 0.25) is 5.91 Å². The van der Waals surface area contributed by atoms with Gasteiger partial charge in [-0.25, -0.2) is 0 Å². The van der Waals surface area contributed by atoms with Gasteiger partial charge in [-0.2, -0.15) is 0 Å². The molecule has 0 radical (unpaired) electrons. The van der Waals surface area contributed by atoms with E-state index in [0.29, 0.717) is 26.7 Å².